The van der Waals surface area contributed by atoms with E-state index in [0.29, 0.717) is 6.42 Å². The largest absolute Gasteiger partial charge is 0.544 e. The van der Waals surface area contributed by atoms with Gasteiger partial charge in [-0.05, 0) is 51.4 Å². The normalized spacial score (nSPS) is 13.7. The summed E-state index contributed by atoms with van der Waals surface area (Å²) in [6.07, 6.45) is 30.4. The third kappa shape index (κ3) is 27.3. The summed E-state index contributed by atoms with van der Waals surface area (Å²) in [6, 6.07) is -0.738. The number of likely N-dealkylation sites (N-methyl/N-ethyl adjacent to an activating group) is 1. The van der Waals surface area contributed by atoms with Gasteiger partial charge in [-0.25, -0.2) is 0 Å². The number of aliphatic carboxylic acids is 1. The van der Waals surface area contributed by atoms with Crippen LogP contribution in [0.3, 0.4) is 0 Å². The molecule has 0 aromatic carbocycles. The molecule has 8 nitrogen and oxygen atoms in total. The number of allylic oxidation sites excluding steroid dienone is 7. The van der Waals surface area contributed by atoms with Crippen LogP contribution in [0.2, 0.25) is 0 Å². The number of carboxylic acids is 1. The van der Waals surface area contributed by atoms with E-state index < -0.39 is 24.1 Å². The fraction of sp³-hybridized carbons (Fsp3) is 0.703. The van der Waals surface area contributed by atoms with Crippen LogP contribution in [0.25, 0.3) is 0 Å². The molecule has 2 atom stereocenters. The first-order chi connectivity index (χ1) is 21.6. The highest BCUT2D eigenvalue weighted by atomic mass is 16.6. The van der Waals surface area contributed by atoms with Crippen LogP contribution in [-0.2, 0) is 28.6 Å². The first-order valence-electron chi connectivity index (χ1n) is 17.2. The SMILES string of the molecule is CC/C=C/C/C=C/C/C=C/CC(=O)OC(COCCC(C(=O)[O-])[N+](C)(C)C)COC(=O)CCCCCCC/C=C/CCCCC. The lowest BCUT2D eigenvalue weighted by Crippen LogP contribution is -2.55. The van der Waals surface area contributed by atoms with Gasteiger partial charge in [0.2, 0.25) is 0 Å². The molecule has 0 aromatic rings. The lowest BCUT2D eigenvalue weighted by atomic mass is 10.1. The number of nitrogens with zero attached hydrogens (tertiary/aromatic N) is 1. The predicted octanol–water partition coefficient (Wildman–Crippen LogP) is 6.79. The number of unbranched alkanes of at least 4 members (excludes halogenated alkanes) is 8. The molecule has 0 bridgehead atoms. The molecule has 258 valence electrons. The van der Waals surface area contributed by atoms with Crippen molar-refractivity contribution in [3.05, 3.63) is 48.6 Å². The first kappa shape index (κ1) is 42.3. The van der Waals surface area contributed by atoms with Gasteiger partial charge < -0.3 is 28.6 Å². The van der Waals surface area contributed by atoms with E-state index in [9.17, 15) is 19.5 Å². The summed E-state index contributed by atoms with van der Waals surface area (Å²) in [5.41, 5.74) is 0. The fourth-order valence-corrected chi connectivity index (χ4v) is 4.54. The Morgan fingerprint density at radius 1 is 0.711 bits per heavy atom. The summed E-state index contributed by atoms with van der Waals surface area (Å²) in [6.45, 7) is 4.36. The van der Waals surface area contributed by atoms with Gasteiger partial charge in [0.15, 0.2) is 6.10 Å². The zero-order valence-electron chi connectivity index (χ0n) is 29.0. The summed E-state index contributed by atoms with van der Waals surface area (Å²) >= 11 is 0. The van der Waals surface area contributed by atoms with Crippen molar-refractivity contribution in [3.8, 4) is 0 Å². The molecule has 0 aliphatic carbocycles. The minimum Gasteiger partial charge on any atom is -0.544 e. The predicted molar refractivity (Wildman–Crippen MR) is 180 cm³/mol. The molecule has 8 heteroatoms. The highest BCUT2D eigenvalue weighted by Gasteiger charge is 2.25. The number of hydrogen-bond donors (Lipinski definition) is 0. The Morgan fingerprint density at radius 3 is 1.93 bits per heavy atom. The quantitative estimate of drug-likeness (QED) is 0.0387. The van der Waals surface area contributed by atoms with Crippen LogP contribution in [0.15, 0.2) is 48.6 Å². The molecule has 0 amide bonds. The van der Waals surface area contributed by atoms with Crippen LogP contribution < -0.4 is 5.11 Å². The average Bonchev–Trinajstić information content (AvgIpc) is 2.98. The molecule has 2 unspecified atom stereocenters. The van der Waals surface area contributed by atoms with Crippen molar-refractivity contribution in [2.75, 3.05) is 41.0 Å². The van der Waals surface area contributed by atoms with E-state index in [2.05, 4.69) is 44.2 Å². The molecule has 0 spiro atoms. The molecule has 0 fully saturated rings. The van der Waals surface area contributed by atoms with E-state index in [1.807, 2.05) is 12.2 Å². The summed E-state index contributed by atoms with van der Waals surface area (Å²) in [5.74, 6) is -1.91. The number of carboxylic acid groups (broad SMARTS) is 1. The van der Waals surface area contributed by atoms with Crippen molar-refractivity contribution in [1.29, 1.82) is 0 Å². The minimum atomic E-state index is -1.14. The van der Waals surface area contributed by atoms with E-state index >= 15 is 0 Å². The molecule has 0 aromatic heterocycles. The average molecular weight is 634 g/mol. The zero-order chi connectivity index (χ0) is 33.6. The van der Waals surface area contributed by atoms with Crippen molar-refractivity contribution < 1.29 is 38.2 Å². The summed E-state index contributed by atoms with van der Waals surface area (Å²) in [5, 5.41) is 11.5. The molecule has 0 aliphatic heterocycles. The molecule has 0 rings (SSSR count). The molecule has 0 radical (unpaired) electrons. The van der Waals surface area contributed by atoms with E-state index in [0.717, 1.165) is 51.4 Å². The molecular weight excluding hydrogens is 570 g/mol. The zero-order valence-corrected chi connectivity index (χ0v) is 29.0. The number of esters is 2. The van der Waals surface area contributed by atoms with Crippen molar-refractivity contribution in [1.82, 2.24) is 0 Å². The second-order valence-electron chi connectivity index (χ2n) is 12.4. The van der Waals surface area contributed by atoms with Crippen LogP contribution in [0.1, 0.15) is 117 Å². The molecule has 0 saturated heterocycles. The Kier molecular flexibility index (Phi) is 27.0. The van der Waals surface area contributed by atoms with Gasteiger partial charge in [0, 0.05) is 12.8 Å². The van der Waals surface area contributed by atoms with Gasteiger partial charge in [0.1, 0.15) is 12.6 Å². The maximum atomic E-state index is 12.5. The topological polar surface area (TPSA) is 102 Å². The molecule has 0 N–H and O–H groups in total. The lowest BCUT2D eigenvalue weighted by Gasteiger charge is -2.34. The Balaban J connectivity index is 4.58. The Morgan fingerprint density at radius 2 is 1.31 bits per heavy atom. The Labute approximate surface area is 274 Å². The van der Waals surface area contributed by atoms with Crippen LogP contribution in [0.4, 0.5) is 0 Å². The standard InChI is InChI=1S/C37H63NO7/c1-6-8-10-12-14-16-17-18-20-21-23-25-27-35(39)44-32-33(31-43-30-29-34(37(41)42)38(3,4)5)45-36(40)28-26-24-22-19-15-13-11-9-7-2/h9,11,14-16,19,24,26,33-34H,6-8,10,12-13,17-18,20-23,25,27-32H2,1-5H3/b11-9+,16-14+,19-15+,26-24+. The van der Waals surface area contributed by atoms with E-state index in [1.54, 1.807) is 27.2 Å². The van der Waals surface area contributed by atoms with Gasteiger partial charge in [-0.3, -0.25) is 9.59 Å². The van der Waals surface area contributed by atoms with Gasteiger partial charge >= 0.3 is 11.9 Å². The van der Waals surface area contributed by atoms with Gasteiger partial charge in [-0.1, -0.05) is 94.6 Å². The molecule has 0 aliphatic rings. The van der Waals surface area contributed by atoms with Gasteiger partial charge in [0.05, 0.1) is 46.7 Å². The second kappa shape index (κ2) is 28.7. The van der Waals surface area contributed by atoms with Crippen LogP contribution in [0.5, 0.6) is 0 Å². The third-order valence-electron chi connectivity index (χ3n) is 7.23. The van der Waals surface area contributed by atoms with Crippen LogP contribution >= 0.6 is 0 Å². The first-order valence-corrected chi connectivity index (χ1v) is 17.2. The van der Waals surface area contributed by atoms with E-state index in [4.69, 9.17) is 14.2 Å². The van der Waals surface area contributed by atoms with E-state index in [-0.39, 0.29) is 43.1 Å². The van der Waals surface area contributed by atoms with Gasteiger partial charge in [0.25, 0.3) is 0 Å². The second-order valence-corrected chi connectivity index (χ2v) is 12.4. The molecule has 0 saturated carbocycles. The monoisotopic (exact) mass is 633 g/mol. The summed E-state index contributed by atoms with van der Waals surface area (Å²) in [7, 11) is 5.35. The third-order valence-corrected chi connectivity index (χ3v) is 7.23. The number of carbonyl (C=O) groups is 3. The summed E-state index contributed by atoms with van der Waals surface area (Å²) in [4.78, 5) is 36.4. The number of rotatable bonds is 29. The van der Waals surface area contributed by atoms with Crippen molar-refractivity contribution >= 4 is 17.9 Å². The van der Waals surface area contributed by atoms with Crippen LogP contribution in [-0.4, -0.2) is 75.5 Å². The van der Waals surface area contributed by atoms with Crippen molar-refractivity contribution in [3.63, 3.8) is 0 Å². The molecular formula is C37H63NO7. The van der Waals surface area contributed by atoms with E-state index in [1.165, 1.54) is 32.1 Å². The highest BCUT2D eigenvalue weighted by molar-refractivity contribution is 5.71. The number of hydrogen-bond acceptors (Lipinski definition) is 7. The Hall–Kier alpha value is -2.71. The Bertz CT molecular complexity index is 886. The number of quaternary nitrogens is 1. The van der Waals surface area contributed by atoms with Gasteiger partial charge in [-0.2, -0.15) is 0 Å². The maximum Gasteiger partial charge on any atom is 0.310 e. The molecule has 45 heavy (non-hydrogen) atoms. The van der Waals surface area contributed by atoms with Gasteiger partial charge in [-0.15, -0.1) is 0 Å². The molecule has 0 heterocycles. The number of carbonyl (C=O) groups excluding carboxylic acids is 3. The smallest absolute Gasteiger partial charge is 0.310 e. The van der Waals surface area contributed by atoms with Crippen molar-refractivity contribution in [2.24, 2.45) is 0 Å². The number of ether oxygens (including phenoxy) is 3. The van der Waals surface area contributed by atoms with Crippen LogP contribution in [0, 0.1) is 0 Å². The van der Waals surface area contributed by atoms with Crippen molar-refractivity contribution in [2.45, 2.75) is 129 Å². The fourth-order valence-electron chi connectivity index (χ4n) is 4.54. The minimum absolute atomic E-state index is 0.000705. The highest BCUT2D eigenvalue weighted by Crippen LogP contribution is 2.11. The maximum absolute atomic E-state index is 12.5. The lowest BCUT2D eigenvalue weighted by molar-refractivity contribution is -0.889. The summed E-state index contributed by atoms with van der Waals surface area (Å²) < 4.78 is 16.9.